The molecule has 1 aromatic carbocycles. The van der Waals surface area contributed by atoms with Crippen LogP contribution in [0.2, 0.25) is 0 Å². The summed E-state index contributed by atoms with van der Waals surface area (Å²) >= 11 is 0. The number of rotatable bonds is 1. The topological polar surface area (TPSA) is 20.3 Å². The van der Waals surface area contributed by atoms with Gasteiger partial charge in [0.2, 0.25) is 0 Å². The van der Waals surface area contributed by atoms with E-state index >= 15 is 0 Å². The summed E-state index contributed by atoms with van der Waals surface area (Å²) in [5, 5.41) is 0. The van der Waals surface area contributed by atoms with Crippen LogP contribution >= 0.6 is 0 Å². The maximum atomic E-state index is 13.1. The molecule has 0 atom stereocenters. The fourth-order valence-electron chi connectivity index (χ4n) is 1.72. The van der Waals surface area contributed by atoms with Crippen LogP contribution in [0.4, 0.5) is 14.5 Å². The number of carbonyl (C=O) groups excluding carboxylic acids is 1. The lowest BCUT2D eigenvalue weighted by molar-refractivity contribution is -0.146. The van der Waals surface area contributed by atoms with Crippen molar-refractivity contribution in [2.75, 3.05) is 11.4 Å². The maximum Gasteiger partial charge on any atom is 0.325 e. The van der Waals surface area contributed by atoms with Crippen LogP contribution in [0.3, 0.4) is 0 Å². The van der Waals surface area contributed by atoms with E-state index in [4.69, 9.17) is 0 Å². The molecular formula is C11H11F2NO. The molecule has 0 saturated carbocycles. The molecule has 0 spiro atoms. The van der Waals surface area contributed by atoms with Gasteiger partial charge in [-0.05, 0) is 18.6 Å². The summed E-state index contributed by atoms with van der Waals surface area (Å²) in [4.78, 5) is 12.6. The Bertz CT molecular complexity index is 364. The minimum absolute atomic E-state index is 0.338. The van der Waals surface area contributed by atoms with Crippen molar-refractivity contribution in [2.24, 2.45) is 0 Å². The number of hydrogen-bond donors (Lipinski definition) is 0. The number of benzene rings is 1. The third kappa shape index (κ3) is 1.84. The third-order valence-corrected chi connectivity index (χ3v) is 2.50. The predicted molar refractivity (Wildman–Crippen MR) is 53.0 cm³/mol. The minimum Gasteiger partial charge on any atom is -0.307 e. The van der Waals surface area contributed by atoms with Crippen LogP contribution in [0.15, 0.2) is 30.3 Å². The van der Waals surface area contributed by atoms with E-state index in [1.807, 2.05) is 0 Å². The van der Waals surface area contributed by atoms with Gasteiger partial charge in [0.25, 0.3) is 5.91 Å². The third-order valence-electron chi connectivity index (χ3n) is 2.50. The lowest BCUT2D eigenvalue weighted by Crippen LogP contribution is -2.48. The zero-order valence-corrected chi connectivity index (χ0v) is 8.12. The molecule has 1 aliphatic heterocycles. The monoisotopic (exact) mass is 211 g/mol. The Morgan fingerprint density at radius 3 is 2.53 bits per heavy atom. The summed E-state index contributed by atoms with van der Waals surface area (Å²) in [6, 6.07) is 8.58. The molecule has 1 amide bonds. The van der Waals surface area contributed by atoms with Gasteiger partial charge in [-0.2, -0.15) is 8.78 Å². The molecule has 2 nitrogen and oxygen atoms in total. The smallest absolute Gasteiger partial charge is 0.307 e. The van der Waals surface area contributed by atoms with Crippen LogP contribution in [0.25, 0.3) is 0 Å². The van der Waals surface area contributed by atoms with E-state index in [1.165, 1.54) is 0 Å². The summed E-state index contributed by atoms with van der Waals surface area (Å²) < 4.78 is 26.3. The van der Waals surface area contributed by atoms with Gasteiger partial charge in [-0.15, -0.1) is 0 Å². The number of hydrogen-bond acceptors (Lipinski definition) is 1. The van der Waals surface area contributed by atoms with E-state index < -0.39 is 11.8 Å². The fraction of sp³-hybridized carbons (Fsp3) is 0.364. The first-order valence-corrected chi connectivity index (χ1v) is 4.86. The zero-order valence-electron chi connectivity index (χ0n) is 8.12. The molecule has 1 heterocycles. The highest BCUT2D eigenvalue weighted by Gasteiger charge is 2.45. The number of amides is 1. The number of nitrogens with zero attached hydrogens (tertiary/aromatic N) is 1. The maximum absolute atomic E-state index is 13.1. The molecule has 1 fully saturated rings. The lowest BCUT2D eigenvalue weighted by Gasteiger charge is -2.31. The van der Waals surface area contributed by atoms with Gasteiger partial charge in [-0.25, -0.2) is 0 Å². The van der Waals surface area contributed by atoms with E-state index in [2.05, 4.69) is 0 Å². The number of piperidine rings is 1. The Morgan fingerprint density at radius 2 is 1.87 bits per heavy atom. The largest absolute Gasteiger partial charge is 0.325 e. The second-order valence-corrected chi connectivity index (χ2v) is 3.60. The summed E-state index contributed by atoms with van der Waals surface area (Å²) in [6.45, 7) is 0.373. The second kappa shape index (κ2) is 3.61. The molecule has 4 heteroatoms. The van der Waals surface area contributed by atoms with E-state index in [-0.39, 0.29) is 6.42 Å². The number of alkyl halides is 2. The highest BCUT2D eigenvalue weighted by Crippen LogP contribution is 2.30. The Labute approximate surface area is 86.5 Å². The van der Waals surface area contributed by atoms with Crippen LogP contribution in [-0.2, 0) is 4.79 Å². The van der Waals surface area contributed by atoms with Crippen molar-refractivity contribution in [2.45, 2.75) is 18.8 Å². The van der Waals surface area contributed by atoms with Crippen molar-refractivity contribution in [3.05, 3.63) is 30.3 Å². The molecule has 0 radical (unpaired) electrons. The molecule has 0 N–H and O–H groups in total. The molecule has 15 heavy (non-hydrogen) atoms. The van der Waals surface area contributed by atoms with Gasteiger partial charge >= 0.3 is 5.92 Å². The van der Waals surface area contributed by atoms with Crippen LogP contribution in [0, 0.1) is 0 Å². The van der Waals surface area contributed by atoms with Gasteiger partial charge in [0.1, 0.15) is 0 Å². The number of anilines is 1. The number of carbonyl (C=O) groups is 1. The first kappa shape index (κ1) is 10.1. The minimum atomic E-state index is -3.20. The molecule has 1 aliphatic rings. The van der Waals surface area contributed by atoms with Crippen LogP contribution in [-0.4, -0.2) is 18.4 Å². The van der Waals surface area contributed by atoms with Gasteiger partial charge < -0.3 is 4.90 Å². The Balaban J connectivity index is 2.27. The van der Waals surface area contributed by atoms with Crippen LogP contribution in [0.1, 0.15) is 12.8 Å². The van der Waals surface area contributed by atoms with Crippen LogP contribution < -0.4 is 4.90 Å². The number of para-hydroxylation sites is 1. The fourth-order valence-corrected chi connectivity index (χ4v) is 1.72. The predicted octanol–water partition coefficient (Wildman–Crippen LogP) is 2.45. The van der Waals surface area contributed by atoms with E-state index in [9.17, 15) is 13.6 Å². The zero-order chi connectivity index (χ0) is 10.9. The average Bonchev–Trinajstić information content (AvgIpc) is 2.23. The molecule has 0 aliphatic carbocycles. The van der Waals surface area contributed by atoms with Crippen molar-refractivity contribution in [3.63, 3.8) is 0 Å². The van der Waals surface area contributed by atoms with Gasteiger partial charge in [0.05, 0.1) is 0 Å². The van der Waals surface area contributed by atoms with Crippen molar-refractivity contribution >= 4 is 11.6 Å². The van der Waals surface area contributed by atoms with E-state index in [1.54, 1.807) is 30.3 Å². The molecule has 0 aromatic heterocycles. The molecule has 0 unspecified atom stereocenters. The first-order valence-electron chi connectivity index (χ1n) is 4.86. The normalized spacial score (nSPS) is 20.4. The summed E-state index contributed by atoms with van der Waals surface area (Å²) in [5.41, 5.74) is 0.543. The summed E-state index contributed by atoms with van der Waals surface area (Å²) in [7, 11) is 0. The van der Waals surface area contributed by atoms with Crippen molar-refractivity contribution in [3.8, 4) is 0 Å². The van der Waals surface area contributed by atoms with Gasteiger partial charge in [-0.1, -0.05) is 18.2 Å². The summed E-state index contributed by atoms with van der Waals surface area (Å²) in [5.74, 6) is -4.28. The molecule has 2 rings (SSSR count). The molecule has 80 valence electrons. The van der Waals surface area contributed by atoms with Crippen molar-refractivity contribution in [1.82, 2.24) is 0 Å². The second-order valence-electron chi connectivity index (χ2n) is 3.60. The standard InChI is InChI=1S/C11H11F2NO/c12-11(13)7-4-8-14(10(11)15)9-5-2-1-3-6-9/h1-3,5-6H,4,7-8H2. The van der Waals surface area contributed by atoms with Crippen LogP contribution in [0.5, 0.6) is 0 Å². The highest BCUT2D eigenvalue weighted by molar-refractivity contribution is 5.99. The highest BCUT2D eigenvalue weighted by atomic mass is 19.3. The summed E-state index contributed by atoms with van der Waals surface area (Å²) in [6.07, 6.45) is 0.00278. The Morgan fingerprint density at radius 1 is 1.20 bits per heavy atom. The van der Waals surface area contributed by atoms with E-state index in [0.717, 1.165) is 4.90 Å². The Kier molecular flexibility index (Phi) is 2.42. The quantitative estimate of drug-likeness (QED) is 0.698. The SMILES string of the molecule is O=C1N(c2ccccc2)CCCC1(F)F. The number of halogens is 2. The molecule has 1 saturated heterocycles. The van der Waals surface area contributed by atoms with Gasteiger partial charge in [0.15, 0.2) is 0 Å². The van der Waals surface area contributed by atoms with E-state index in [0.29, 0.717) is 18.7 Å². The first-order chi connectivity index (χ1) is 7.11. The molecule has 0 bridgehead atoms. The van der Waals surface area contributed by atoms with Crippen molar-refractivity contribution in [1.29, 1.82) is 0 Å². The van der Waals surface area contributed by atoms with Crippen molar-refractivity contribution < 1.29 is 13.6 Å². The molecule has 1 aromatic rings. The Hall–Kier alpha value is -1.45. The lowest BCUT2D eigenvalue weighted by atomic mass is 10.1. The molecular weight excluding hydrogens is 200 g/mol. The van der Waals surface area contributed by atoms with Gasteiger partial charge in [0, 0.05) is 18.7 Å². The van der Waals surface area contributed by atoms with Gasteiger partial charge in [-0.3, -0.25) is 4.79 Å². The average molecular weight is 211 g/mol.